The Morgan fingerprint density at radius 3 is 2.75 bits per heavy atom. The van der Waals surface area contributed by atoms with Gasteiger partial charge in [-0.25, -0.2) is 4.98 Å². The Hall–Kier alpha value is -1.52. The van der Waals surface area contributed by atoms with Gasteiger partial charge in [0.2, 0.25) is 0 Å². The van der Waals surface area contributed by atoms with E-state index in [1.165, 1.54) is 16.9 Å². The van der Waals surface area contributed by atoms with Gasteiger partial charge in [-0.15, -0.1) is 35.7 Å². The predicted molar refractivity (Wildman–Crippen MR) is 144 cm³/mol. The fourth-order valence-corrected chi connectivity index (χ4v) is 5.19. The average molecular weight is 568 g/mol. The van der Waals surface area contributed by atoms with Gasteiger partial charge in [0.25, 0.3) is 0 Å². The van der Waals surface area contributed by atoms with E-state index in [0.717, 1.165) is 56.9 Å². The summed E-state index contributed by atoms with van der Waals surface area (Å²) in [4.78, 5) is 15.2. The van der Waals surface area contributed by atoms with E-state index < -0.39 is 0 Å². The highest BCUT2D eigenvalue weighted by Gasteiger charge is 2.25. The summed E-state index contributed by atoms with van der Waals surface area (Å²) in [5.74, 6) is 3.86. The van der Waals surface area contributed by atoms with Crippen LogP contribution in [-0.4, -0.2) is 67.5 Å². The second kappa shape index (κ2) is 12.6. The van der Waals surface area contributed by atoms with Crippen molar-refractivity contribution < 1.29 is 4.74 Å². The van der Waals surface area contributed by atoms with Crippen molar-refractivity contribution in [2.45, 2.75) is 30.9 Å². The number of ether oxygens (including phenoxy) is 1. The van der Waals surface area contributed by atoms with Crippen LogP contribution in [-0.2, 0) is 11.3 Å². The van der Waals surface area contributed by atoms with Crippen LogP contribution in [0.5, 0.6) is 0 Å². The van der Waals surface area contributed by atoms with Crippen LogP contribution in [0.2, 0.25) is 0 Å². The van der Waals surface area contributed by atoms with Crippen LogP contribution in [0, 0.1) is 5.92 Å². The Bertz CT molecular complexity index is 851. The lowest BCUT2D eigenvalue weighted by molar-refractivity contribution is 0.0529. The number of benzene rings is 1. The Balaban J connectivity index is 0.00000289. The van der Waals surface area contributed by atoms with Crippen molar-refractivity contribution in [1.29, 1.82) is 0 Å². The highest BCUT2D eigenvalue weighted by molar-refractivity contribution is 14.0. The molecule has 2 fully saturated rings. The third kappa shape index (κ3) is 6.99. The lowest BCUT2D eigenvalue weighted by Gasteiger charge is -2.32. The van der Waals surface area contributed by atoms with Crippen LogP contribution in [0.15, 0.2) is 58.5 Å². The molecule has 0 spiro atoms. The molecule has 2 aromatic rings. The van der Waals surface area contributed by atoms with E-state index in [-0.39, 0.29) is 30.1 Å². The molecule has 0 saturated carbocycles. The summed E-state index contributed by atoms with van der Waals surface area (Å²) in [6.07, 6.45) is 3.45. The maximum Gasteiger partial charge on any atom is 0.193 e. The van der Waals surface area contributed by atoms with E-state index in [9.17, 15) is 0 Å². The van der Waals surface area contributed by atoms with Gasteiger partial charge in [0.05, 0.1) is 12.7 Å². The van der Waals surface area contributed by atoms with Crippen molar-refractivity contribution in [3.63, 3.8) is 0 Å². The molecular weight excluding hydrogens is 533 g/mol. The molecule has 0 amide bonds. The van der Waals surface area contributed by atoms with Gasteiger partial charge in [-0.2, -0.15) is 0 Å². The number of nitrogens with one attached hydrogen (secondary N) is 1. The zero-order valence-corrected chi connectivity index (χ0v) is 22.1. The molecule has 4 rings (SSSR count). The topological polar surface area (TPSA) is 53.0 Å². The van der Waals surface area contributed by atoms with Crippen LogP contribution < -0.4 is 10.2 Å². The number of aliphatic imine (C=N–C) groups is 1. The van der Waals surface area contributed by atoms with Crippen molar-refractivity contribution in [1.82, 2.24) is 15.2 Å². The molecule has 2 atom stereocenters. The van der Waals surface area contributed by atoms with Crippen molar-refractivity contribution in [2.75, 3.05) is 50.5 Å². The number of pyridine rings is 1. The number of aromatic nitrogens is 1. The molecule has 0 aliphatic carbocycles. The van der Waals surface area contributed by atoms with E-state index >= 15 is 0 Å². The van der Waals surface area contributed by atoms with Crippen molar-refractivity contribution >= 4 is 47.5 Å². The largest absolute Gasteiger partial charge is 0.375 e. The molecule has 2 aliphatic heterocycles. The highest BCUT2D eigenvalue weighted by atomic mass is 127. The number of morpholine rings is 1. The molecule has 1 N–H and O–H groups in total. The van der Waals surface area contributed by atoms with Crippen LogP contribution in [0.3, 0.4) is 0 Å². The van der Waals surface area contributed by atoms with Gasteiger partial charge in [0, 0.05) is 56.6 Å². The number of likely N-dealkylation sites (tertiary alicyclic amines) is 1. The lowest BCUT2D eigenvalue weighted by Crippen LogP contribution is -2.41. The van der Waals surface area contributed by atoms with E-state index in [1.54, 1.807) is 0 Å². The zero-order chi connectivity index (χ0) is 21.5. The molecule has 2 unspecified atom stereocenters. The number of halogens is 1. The predicted octanol–water partition coefficient (Wildman–Crippen LogP) is 4.11. The molecule has 0 bridgehead atoms. The second-order valence-electron chi connectivity index (χ2n) is 8.28. The first-order chi connectivity index (χ1) is 15.2. The smallest absolute Gasteiger partial charge is 0.193 e. The first kappa shape index (κ1) is 25.1. The molecule has 32 heavy (non-hydrogen) atoms. The van der Waals surface area contributed by atoms with E-state index in [2.05, 4.69) is 74.5 Å². The summed E-state index contributed by atoms with van der Waals surface area (Å²) in [6.45, 7) is 7.54. The van der Waals surface area contributed by atoms with Crippen molar-refractivity contribution in [3.8, 4) is 0 Å². The van der Waals surface area contributed by atoms with Gasteiger partial charge in [-0.3, -0.25) is 4.99 Å². The molecule has 1 aromatic heterocycles. The number of guanidine groups is 1. The van der Waals surface area contributed by atoms with Crippen LogP contribution in [0.25, 0.3) is 0 Å². The first-order valence-corrected chi connectivity index (χ1v) is 12.1. The summed E-state index contributed by atoms with van der Waals surface area (Å²) < 4.78 is 5.63. The molecule has 1 aromatic carbocycles. The monoisotopic (exact) mass is 567 g/mol. The molecule has 8 heteroatoms. The summed E-state index contributed by atoms with van der Waals surface area (Å²) in [6, 6.07) is 14.9. The molecule has 6 nitrogen and oxygen atoms in total. The normalized spacial score (nSPS) is 21.4. The molecule has 2 saturated heterocycles. The van der Waals surface area contributed by atoms with Crippen molar-refractivity contribution in [3.05, 3.63) is 54.2 Å². The molecule has 0 radical (unpaired) electrons. The van der Waals surface area contributed by atoms with Crippen LogP contribution in [0.4, 0.5) is 5.82 Å². The zero-order valence-electron chi connectivity index (χ0n) is 18.9. The maximum absolute atomic E-state index is 5.63. The Morgan fingerprint density at radius 1 is 1.19 bits per heavy atom. The molecule has 174 valence electrons. The Morgan fingerprint density at radius 2 is 2.03 bits per heavy atom. The molecular formula is C24H34IN5OS. The number of thioether (sulfide) groups is 1. The van der Waals surface area contributed by atoms with E-state index in [4.69, 9.17) is 4.74 Å². The molecule has 2 aliphatic rings. The van der Waals surface area contributed by atoms with Gasteiger partial charge in [-0.1, -0.05) is 24.3 Å². The first-order valence-electron chi connectivity index (χ1n) is 11.2. The Kier molecular flexibility index (Phi) is 9.92. The summed E-state index contributed by atoms with van der Waals surface area (Å²) in [5.41, 5.74) is 1.17. The number of hydrogen-bond acceptors (Lipinski definition) is 5. The minimum absolute atomic E-state index is 0. The van der Waals surface area contributed by atoms with E-state index in [1.807, 2.05) is 25.0 Å². The van der Waals surface area contributed by atoms with Gasteiger partial charge in [0.1, 0.15) is 5.82 Å². The maximum atomic E-state index is 5.63. The quantitative estimate of drug-likeness (QED) is 0.246. The van der Waals surface area contributed by atoms with E-state index in [0.29, 0.717) is 5.92 Å². The van der Waals surface area contributed by atoms with Gasteiger partial charge in [-0.05, 0) is 43.0 Å². The number of anilines is 1. The van der Waals surface area contributed by atoms with Gasteiger partial charge < -0.3 is 19.9 Å². The van der Waals surface area contributed by atoms with Crippen LogP contribution >= 0.6 is 35.7 Å². The fourth-order valence-electron chi connectivity index (χ4n) is 4.14. The fraction of sp³-hybridized carbons (Fsp3) is 0.500. The minimum Gasteiger partial charge on any atom is -0.375 e. The second-order valence-corrected chi connectivity index (χ2v) is 9.37. The van der Waals surface area contributed by atoms with Crippen molar-refractivity contribution in [2.24, 2.45) is 10.9 Å². The standard InChI is InChI=1S/C24H33N5OS.HI/c1-19-16-28(12-13-30-19)23-9-8-20(14-26-23)15-27-24(25-2)29-11-10-21(17-29)18-31-22-6-4-3-5-7-22;/h3-9,14,19,21H,10-13,15-18H2,1-2H3,(H,25,27);1H. The highest BCUT2D eigenvalue weighted by Crippen LogP contribution is 2.26. The van der Waals surface area contributed by atoms with Gasteiger partial charge >= 0.3 is 0 Å². The lowest BCUT2D eigenvalue weighted by atomic mass is 10.2. The SMILES string of the molecule is CN=C(NCc1ccc(N2CCOC(C)C2)nc1)N1CCC(CSc2ccccc2)C1.I. The van der Waals surface area contributed by atoms with Crippen LogP contribution in [0.1, 0.15) is 18.9 Å². The molecule has 3 heterocycles. The third-order valence-corrected chi connectivity index (χ3v) is 7.09. The van der Waals surface area contributed by atoms with Gasteiger partial charge in [0.15, 0.2) is 5.96 Å². The number of hydrogen-bond donors (Lipinski definition) is 1. The minimum atomic E-state index is 0. The number of rotatable bonds is 6. The third-order valence-electron chi connectivity index (χ3n) is 5.85. The summed E-state index contributed by atoms with van der Waals surface area (Å²) >= 11 is 1.96. The summed E-state index contributed by atoms with van der Waals surface area (Å²) in [5, 5.41) is 3.52. The number of nitrogens with zero attached hydrogens (tertiary/aromatic N) is 4. The average Bonchev–Trinajstić information content (AvgIpc) is 3.28. The summed E-state index contributed by atoms with van der Waals surface area (Å²) in [7, 11) is 1.87. The Labute approximate surface area is 213 Å².